The minimum atomic E-state index is -0.541. The van der Waals surface area contributed by atoms with Gasteiger partial charge < -0.3 is 4.74 Å². The summed E-state index contributed by atoms with van der Waals surface area (Å²) in [6, 6.07) is 5.28. The number of hydrogen-bond donors (Lipinski definition) is 0. The number of rotatable bonds is 3. The summed E-state index contributed by atoms with van der Waals surface area (Å²) in [6.45, 7) is 0. The topological polar surface area (TPSA) is 50.1 Å². The molecular formula is C11H9Cl2NO2. The lowest BCUT2D eigenvalue weighted by Crippen LogP contribution is -2.07. The van der Waals surface area contributed by atoms with Crippen LogP contribution in [0.25, 0.3) is 0 Å². The zero-order valence-electron chi connectivity index (χ0n) is 8.59. The molecule has 0 fully saturated rings. The highest BCUT2D eigenvalue weighted by Crippen LogP contribution is 2.29. The van der Waals surface area contributed by atoms with E-state index in [4.69, 9.17) is 28.5 Å². The molecule has 3 nitrogen and oxygen atoms in total. The van der Waals surface area contributed by atoms with Gasteiger partial charge >= 0.3 is 5.97 Å². The van der Waals surface area contributed by atoms with Crippen LogP contribution in [0.5, 0.6) is 0 Å². The van der Waals surface area contributed by atoms with E-state index >= 15 is 0 Å². The molecule has 84 valence electrons. The first kappa shape index (κ1) is 12.8. The van der Waals surface area contributed by atoms with Gasteiger partial charge in [0.05, 0.1) is 28.8 Å². The summed E-state index contributed by atoms with van der Waals surface area (Å²) >= 11 is 11.8. The highest BCUT2D eigenvalue weighted by atomic mass is 35.5. The minimum absolute atomic E-state index is 0.170. The van der Waals surface area contributed by atoms with Crippen molar-refractivity contribution in [3.8, 4) is 6.07 Å². The van der Waals surface area contributed by atoms with E-state index in [0.29, 0.717) is 23.4 Å². The standard InChI is InChI=1S/C11H9Cl2NO2/c1-16-11(15)9-7(3-2-6-14)4-5-8(12)10(9)13/h4-5H,2-3H2,1H3. The van der Waals surface area contributed by atoms with Crippen LogP contribution in [0.1, 0.15) is 22.3 Å². The van der Waals surface area contributed by atoms with Gasteiger partial charge in [0.2, 0.25) is 0 Å². The van der Waals surface area contributed by atoms with Gasteiger partial charge in [-0.05, 0) is 18.1 Å². The second-order valence-corrected chi connectivity index (χ2v) is 3.83. The number of carbonyl (C=O) groups excluding carboxylic acids is 1. The van der Waals surface area contributed by atoms with E-state index in [9.17, 15) is 4.79 Å². The van der Waals surface area contributed by atoms with Crippen LogP contribution in [-0.4, -0.2) is 13.1 Å². The van der Waals surface area contributed by atoms with Gasteiger partial charge in [0, 0.05) is 6.42 Å². The Morgan fingerprint density at radius 2 is 2.19 bits per heavy atom. The summed E-state index contributed by atoms with van der Waals surface area (Å²) in [7, 11) is 1.27. The van der Waals surface area contributed by atoms with Crippen LogP contribution in [-0.2, 0) is 11.2 Å². The van der Waals surface area contributed by atoms with Crippen molar-refractivity contribution in [2.45, 2.75) is 12.8 Å². The fourth-order valence-corrected chi connectivity index (χ4v) is 1.73. The summed E-state index contributed by atoms with van der Waals surface area (Å²) in [6.07, 6.45) is 0.750. The van der Waals surface area contributed by atoms with Crippen molar-refractivity contribution in [2.75, 3.05) is 7.11 Å². The predicted octanol–water partition coefficient (Wildman–Crippen LogP) is 3.24. The normalized spacial score (nSPS) is 9.62. The Hall–Kier alpha value is -1.24. The zero-order chi connectivity index (χ0) is 12.1. The number of methoxy groups -OCH3 is 1. The summed E-state index contributed by atoms with van der Waals surface area (Å²) < 4.78 is 4.63. The van der Waals surface area contributed by atoms with Crippen molar-refractivity contribution in [1.82, 2.24) is 0 Å². The molecule has 1 aromatic rings. The second kappa shape index (κ2) is 5.74. The smallest absolute Gasteiger partial charge is 0.339 e. The van der Waals surface area contributed by atoms with Crippen LogP contribution in [0.3, 0.4) is 0 Å². The number of benzene rings is 1. The van der Waals surface area contributed by atoms with Gasteiger partial charge in [-0.25, -0.2) is 4.79 Å². The molecule has 0 aliphatic heterocycles. The lowest BCUT2D eigenvalue weighted by molar-refractivity contribution is 0.0599. The first-order chi connectivity index (χ1) is 7.61. The number of nitrogens with zero attached hydrogens (tertiary/aromatic N) is 1. The number of halogens is 2. The van der Waals surface area contributed by atoms with Crippen molar-refractivity contribution in [3.63, 3.8) is 0 Å². The van der Waals surface area contributed by atoms with Crippen molar-refractivity contribution in [3.05, 3.63) is 33.3 Å². The Morgan fingerprint density at radius 3 is 2.75 bits per heavy atom. The molecule has 5 heteroatoms. The van der Waals surface area contributed by atoms with Crippen LogP contribution in [0.2, 0.25) is 10.0 Å². The largest absolute Gasteiger partial charge is 0.465 e. The van der Waals surface area contributed by atoms with E-state index < -0.39 is 5.97 Å². The first-order valence-corrected chi connectivity index (χ1v) is 5.29. The van der Waals surface area contributed by atoms with Gasteiger partial charge in [-0.1, -0.05) is 29.3 Å². The second-order valence-electron chi connectivity index (χ2n) is 3.05. The van der Waals surface area contributed by atoms with E-state index in [2.05, 4.69) is 4.74 Å². The average Bonchev–Trinajstić information content (AvgIpc) is 2.29. The average molecular weight is 258 g/mol. The number of esters is 1. The van der Waals surface area contributed by atoms with E-state index in [1.165, 1.54) is 7.11 Å². The molecule has 16 heavy (non-hydrogen) atoms. The molecule has 0 aliphatic rings. The fraction of sp³-hybridized carbons (Fsp3) is 0.273. The molecule has 0 aliphatic carbocycles. The number of hydrogen-bond acceptors (Lipinski definition) is 3. The summed E-state index contributed by atoms with van der Waals surface area (Å²) in [4.78, 5) is 11.5. The third kappa shape index (κ3) is 2.66. The quantitative estimate of drug-likeness (QED) is 0.782. The maximum atomic E-state index is 11.5. The van der Waals surface area contributed by atoms with Gasteiger partial charge in [0.1, 0.15) is 0 Å². The van der Waals surface area contributed by atoms with Crippen LogP contribution in [0.15, 0.2) is 12.1 Å². The van der Waals surface area contributed by atoms with Crippen LogP contribution in [0, 0.1) is 11.3 Å². The molecule has 0 N–H and O–H groups in total. The van der Waals surface area contributed by atoms with Gasteiger partial charge in [-0.3, -0.25) is 0 Å². The Bertz CT molecular complexity index is 452. The molecule has 0 aromatic heterocycles. The number of nitriles is 1. The maximum absolute atomic E-state index is 11.5. The van der Waals surface area contributed by atoms with Gasteiger partial charge in [-0.15, -0.1) is 0 Å². The van der Waals surface area contributed by atoms with E-state index in [1.807, 2.05) is 6.07 Å². The molecule has 1 rings (SSSR count). The predicted molar refractivity (Wildman–Crippen MR) is 61.7 cm³/mol. The first-order valence-electron chi connectivity index (χ1n) is 4.54. The highest BCUT2D eigenvalue weighted by molar-refractivity contribution is 6.43. The number of ether oxygens (including phenoxy) is 1. The van der Waals surface area contributed by atoms with Crippen molar-refractivity contribution in [1.29, 1.82) is 5.26 Å². The molecule has 0 unspecified atom stereocenters. The summed E-state index contributed by atoms with van der Waals surface area (Å²) in [5.74, 6) is -0.541. The fourth-order valence-electron chi connectivity index (χ4n) is 1.31. The Kier molecular flexibility index (Phi) is 4.60. The van der Waals surface area contributed by atoms with Crippen LogP contribution >= 0.6 is 23.2 Å². The van der Waals surface area contributed by atoms with Crippen LogP contribution < -0.4 is 0 Å². The SMILES string of the molecule is COC(=O)c1c(CCC#N)ccc(Cl)c1Cl. The van der Waals surface area contributed by atoms with Gasteiger partial charge in [-0.2, -0.15) is 5.26 Å². The molecule has 0 atom stereocenters. The van der Waals surface area contributed by atoms with Crippen molar-refractivity contribution < 1.29 is 9.53 Å². The van der Waals surface area contributed by atoms with Gasteiger partial charge in [0.15, 0.2) is 0 Å². The van der Waals surface area contributed by atoms with E-state index in [0.717, 1.165) is 0 Å². The molecule has 0 radical (unpaired) electrons. The Morgan fingerprint density at radius 1 is 1.50 bits per heavy atom. The monoisotopic (exact) mass is 257 g/mol. The molecule has 0 spiro atoms. The number of aryl methyl sites for hydroxylation is 1. The van der Waals surface area contributed by atoms with E-state index in [1.54, 1.807) is 12.1 Å². The highest BCUT2D eigenvalue weighted by Gasteiger charge is 2.18. The molecule has 0 saturated heterocycles. The number of carbonyl (C=O) groups is 1. The van der Waals surface area contributed by atoms with Crippen LogP contribution in [0.4, 0.5) is 0 Å². The molecule has 0 amide bonds. The molecule has 0 heterocycles. The third-order valence-electron chi connectivity index (χ3n) is 2.08. The lowest BCUT2D eigenvalue weighted by Gasteiger charge is -2.09. The zero-order valence-corrected chi connectivity index (χ0v) is 10.1. The maximum Gasteiger partial charge on any atom is 0.339 e. The molecule has 0 bridgehead atoms. The van der Waals surface area contributed by atoms with Crippen molar-refractivity contribution >= 4 is 29.2 Å². The summed E-state index contributed by atoms with van der Waals surface area (Å²) in [5, 5.41) is 8.98. The Labute approximate surface area is 104 Å². The van der Waals surface area contributed by atoms with Crippen molar-refractivity contribution in [2.24, 2.45) is 0 Å². The van der Waals surface area contributed by atoms with E-state index in [-0.39, 0.29) is 10.6 Å². The van der Waals surface area contributed by atoms with Gasteiger partial charge in [0.25, 0.3) is 0 Å². The molecular weight excluding hydrogens is 249 g/mol. The molecule has 0 saturated carbocycles. The Balaban J connectivity index is 3.22. The minimum Gasteiger partial charge on any atom is -0.465 e. The third-order valence-corrected chi connectivity index (χ3v) is 2.88. The molecule has 1 aromatic carbocycles. The lowest BCUT2D eigenvalue weighted by atomic mass is 10.0. The summed E-state index contributed by atoms with van der Waals surface area (Å²) in [5.41, 5.74) is 0.912.